The zero-order valence-electron chi connectivity index (χ0n) is 13.1. The van der Waals surface area contributed by atoms with Gasteiger partial charge < -0.3 is 16.0 Å². The van der Waals surface area contributed by atoms with Gasteiger partial charge in [-0.25, -0.2) is 0 Å². The molecule has 4 heteroatoms. The van der Waals surface area contributed by atoms with Crippen LogP contribution in [0.15, 0.2) is 24.3 Å². The Morgan fingerprint density at radius 2 is 2.19 bits per heavy atom. The van der Waals surface area contributed by atoms with E-state index in [4.69, 9.17) is 5.73 Å². The lowest BCUT2D eigenvalue weighted by molar-refractivity contribution is -0.116. The molecule has 0 saturated heterocycles. The molecule has 0 bridgehead atoms. The molecule has 0 heterocycles. The monoisotopic (exact) mass is 289 g/mol. The first-order chi connectivity index (χ1) is 10.0. The third kappa shape index (κ3) is 5.76. The van der Waals surface area contributed by atoms with E-state index in [-0.39, 0.29) is 5.91 Å². The third-order valence-corrected chi connectivity index (χ3v) is 3.68. The Bertz CT molecular complexity index is 469. The van der Waals surface area contributed by atoms with Crippen molar-refractivity contribution in [3.63, 3.8) is 0 Å². The summed E-state index contributed by atoms with van der Waals surface area (Å²) in [7, 11) is 0. The molecule has 1 aliphatic carbocycles. The van der Waals surface area contributed by atoms with Crippen LogP contribution in [0.5, 0.6) is 0 Å². The van der Waals surface area contributed by atoms with Crippen molar-refractivity contribution < 1.29 is 4.79 Å². The van der Waals surface area contributed by atoms with Gasteiger partial charge in [0, 0.05) is 30.4 Å². The molecule has 0 radical (unpaired) electrons. The van der Waals surface area contributed by atoms with Crippen molar-refractivity contribution in [3.05, 3.63) is 24.3 Å². The minimum Gasteiger partial charge on any atom is -0.399 e. The first-order valence-corrected chi connectivity index (χ1v) is 7.94. The number of nitrogen functional groups attached to an aromatic ring is 1. The topological polar surface area (TPSA) is 58.4 Å². The predicted molar refractivity (Wildman–Crippen MR) is 88.2 cm³/mol. The van der Waals surface area contributed by atoms with Crippen molar-refractivity contribution in [2.45, 2.75) is 45.6 Å². The number of hydrogen-bond donors (Lipinski definition) is 2. The maximum Gasteiger partial charge on any atom is 0.224 e. The average molecular weight is 289 g/mol. The first-order valence-electron chi connectivity index (χ1n) is 7.94. The van der Waals surface area contributed by atoms with Crippen LogP contribution in [-0.4, -0.2) is 29.9 Å². The van der Waals surface area contributed by atoms with Crippen molar-refractivity contribution >= 4 is 17.3 Å². The van der Waals surface area contributed by atoms with Gasteiger partial charge in [0.15, 0.2) is 0 Å². The molecule has 1 amide bonds. The molecule has 4 nitrogen and oxygen atoms in total. The largest absolute Gasteiger partial charge is 0.399 e. The summed E-state index contributed by atoms with van der Waals surface area (Å²) in [6, 6.07) is 8.08. The predicted octanol–water partition coefficient (Wildman–Crippen LogP) is 3.11. The van der Waals surface area contributed by atoms with Crippen LogP contribution in [0.4, 0.5) is 11.4 Å². The molecule has 1 aliphatic rings. The Morgan fingerprint density at radius 1 is 1.43 bits per heavy atom. The Labute approximate surface area is 127 Å². The molecule has 3 N–H and O–H groups in total. The molecule has 1 aromatic rings. The van der Waals surface area contributed by atoms with Gasteiger partial charge in [0.05, 0.1) is 0 Å². The zero-order chi connectivity index (χ0) is 15.2. The molecular formula is C17H27N3O. The molecule has 0 atom stereocenters. The summed E-state index contributed by atoms with van der Waals surface area (Å²) in [5.41, 5.74) is 7.15. The number of carbonyl (C=O) groups excluding carboxylic acids is 1. The van der Waals surface area contributed by atoms with Gasteiger partial charge in [0.2, 0.25) is 5.91 Å². The summed E-state index contributed by atoms with van der Waals surface area (Å²) in [6.07, 6.45) is 4.12. The summed E-state index contributed by atoms with van der Waals surface area (Å²) in [4.78, 5) is 14.5. The molecular weight excluding hydrogens is 262 g/mol. The lowest BCUT2D eigenvalue weighted by Crippen LogP contribution is -2.31. The molecule has 1 aromatic carbocycles. The van der Waals surface area contributed by atoms with E-state index in [0.717, 1.165) is 31.2 Å². The number of nitrogens with zero attached hydrogens (tertiary/aromatic N) is 1. The van der Waals surface area contributed by atoms with Crippen molar-refractivity contribution in [3.8, 4) is 0 Å². The maximum absolute atomic E-state index is 11.9. The number of anilines is 2. The highest BCUT2D eigenvalue weighted by molar-refractivity contribution is 5.91. The van der Waals surface area contributed by atoms with Gasteiger partial charge in [-0.05, 0) is 49.9 Å². The summed E-state index contributed by atoms with van der Waals surface area (Å²) in [5.74, 6) is 0.757. The van der Waals surface area contributed by atoms with E-state index < -0.39 is 0 Å². The van der Waals surface area contributed by atoms with E-state index in [0.29, 0.717) is 18.0 Å². The molecule has 1 fully saturated rings. The fourth-order valence-corrected chi connectivity index (χ4v) is 2.61. The van der Waals surface area contributed by atoms with Crippen LogP contribution in [0.2, 0.25) is 0 Å². The van der Waals surface area contributed by atoms with Gasteiger partial charge in [-0.1, -0.05) is 19.9 Å². The average Bonchev–Trinajstić information content (AvgIpc) is 3.21. The first kappa shape index (κ1) is 15.8. The fraction of sp³-hybridized carbons (Fsp3) is 0.588. The van der Waals surface area contributed by atoms with Gasteiger partial charge >= 0.3 is 0 Å². The zero-order valence-corrected chi connectivity index (χ0v) is 13.1. The van der Waals surface area contributed by atoms with E-state index in [1.165, 1.54) is 12.8 Å². The lowest BCUT2D eigenvalue weighted by atomic mass is 10.2. The van der Waals surface area contributed by atoms with Crippen LogP contribution in [0.3, 0.4) is 0 Å². The van der Waals surface area contributed by atoms with Crippen LogP contribution in [0.25, 0.3) is 0 Å². The quantitative estimate of drug-likeness (QED) is 0.723. The summed E-state index contributed by atoms with van der Waals surface area (Å²) < 4.78 is 0. The second-order valence-electron chi connectivity index (χ2n) is 6.40. The van der Waals surface area contributed by atoms with Crippen LogP contribution in [0.1, 0.15) is 39.5 Å². The summed E-state index contributed by atoms with van der Waals surface area (Å²) in [6.45, 7) is 6.67. The standard InChI is InChI=1S/C17H27N3O/c1-13(2)12-20(16-8-9-16)10-4-7-17(21)19-15-6-3-5-14(18)11-15/h3,5-6,11,13,16H,4,7-10,12,18H2,1-2H3,(H,19,21). The van der Waals surface area contributed by atoms with Crippen LogP contribution in [-0.2, 0) is 4.79 Å². The molecule has 116 valence electrons. The highest BCUT2D eigenvalue weighted by Gasteiger charge is 2.28. The molecule has 1 saturated carbocycles. The second kappa shape index (κ2) is 7.46. The van der Waals surface area contributed by atoms with Gasteiger partial charge in [-0.3, -0.25) is 4.79 Å². The summed E-state index contributed by atoms with van der Waals surface area (Å²) >= 11 is 0. The number of rotatable bonds is 8. The number of carbonyl (C=O) groups is 1. The number of nitrogens with two attached hydrogens (primary N) is 1. The SMILES string of the molecule is CC(C)CN(CCCC(=O)Nc1cccc(N)c1)C1CC1. The molecule has 0 aromatic heterocycles. The van der Waals surface area contributed by atoms with Gasteiger partial charge in [0.25, 0.3) is 0 Å². The molecule has 0 unspecified atom stereocenters. The highest BCUT2D eigenvalue weighted by Crippen LogP contribution is 2.27. The van der Waals surface area contributed by atoms with Crippen molar-refractivity contribution in [2.75, 3.05) is 24.1 Å². The van der Waals surface area contributed by atoms with Crippen molar-refractivity contribution in [1.29, 1.82) is 0 Å². The van der Waals surface area contributed by atoms with Gasteiger partial charge in [-0.2, -0.15) is 0 Å². The third-order valence-electron chi connectivity index (χ3n) is 3.68. The fourth-order valence-electron chi connectivity index (χ4n) is 2.61. The number of nitrogens with one attached hydrogen (secondary N) is 1. The number of amides is 1. The van der Waals surface area contributed by atoms with E-state index in [1.807, 2.05) is 18.2 Å². The Hall–Kier alpha value is -1.55. The molecule has 0 aliphatic heterocycles. The maximum atomic E-state index is 11.9. The number of hydrogen-bond acceptors (Lipinski definition) is 3. The van der Waals surface area contributed by atoms with Crippen LogP contribution >= 0.6 is 0 Å². The minimum atomic E-state index is 0.0703. The Kier molecular flexibility index (Phi) is 5.62. The second-order valence-corrected chi connectivity index (χ2v) is 6.40. The van der Waals surface area contributed by atoms with Crippen molar-refractivity contribution in [1.82, 2.24) is 4.90 Å². The molecule has 21 heavy (non-hydrogen) atoms. The minimum absolute atomic E-state index is 0.0703. The Morgan fingerprint density at radius 3 is 2.81 bits per heavy atom. The molecule has 0 spiro atoms. The Balaban J connectivity index is 1.70. The van der Waals surface area contributed by atoms with E-state index in [9.17, 15) is 4.79 Å². The van der Waals surface area contributed by atoms with E-state index in [1.54, 1.807) is 6.07 Å². The smallest absolute Gasteiger partial charge is 0.224 e. The van der Waals surface area contributed by atoms with Crippen molar-refractivity contribution in [2.24, 2.45) is 5.92 Å². The number of benzene rings is 1. The molecule has 2 rings (SSSR count). The normalized spacial score (nSPS) is 14.7. The summed E-state index contributed by atoms with van der Waals surface area (Å²) in [5, 5.41) is 2.90. The highest BCUT2D eigenvalue weighted by atomic mass is 16.1. The van der Waals surface area contributed by atoms with Crippen LogP contribution < -0.4 is 11.1 Å². The van der Waals surface area contributed by atoms with E-state index in [2.05, 4.69) is 24.1 Å². The van der Waals surface area contributed by atoms with Gasteiger partial charge in [-0.15, -0.1) is 0 Å². The lowest BCUT2D eigenvalue weighted by Gasteiger charge is -2.23. The van der Waals surface area contributed by atoms with Crippen LogP contribution in [0, 0.1) is 5.92 Å². The van der Waals surface area contributed by atoms with Gasteiger partial charge in [0.1, 0.15) is 0 Å². The van der Waals surface area contributed by atoms with E-state index >= 15 is 0 Å².